The highest BCUT2D eigenvalue weighted by Gasteiger charge is 2.41. The van der Waals surface area contributed by atoms with E-state index in [0.29, 0.717) is 17.0 Å². The van der Waals surface area contributed by atoms with Crippen LogP contribution in [0.2, 0.25) is 0 Å². The minimum Gasteiger partial charge on any atom is -0.497 e. The van der Waals surface area contributed by atoms with Gasteiger partial charge in [0.15, 0.2) is 0 Å². The number of amides is 2. The van der Waals surface area contributed by atoms with Crippen molar-refractivity contribution in [2.75, 3.05) is 12.0 Å². The van der Waals surface area contributed by atoms with Crippen LogP contribution in [0.4, 0.5) is 10.5 Å². The predicted octanol–water partition coefficient (Wildman–Crippen LogP) is 4.33. The summed E-state index contributed by atoms with van der Waals surface area (Å²) in [5.41, 5.74) is 3.14. The van der Waals surface area contributed by atoms with E-state index in [1.807, 2.05) is 31.2 Å². The molecule has 1 heterocycles. The van der Waals surface area contributed by atoms with Crippen LogP contribution < -0.4 is 9.64 Å². The maximum Gasteiger partial charge on any atom is 0.339 e. The summed E-state index contributed by atoms with van der Waals surface area (Å²) in [7, 11) is -2.40. The number of anilines is 1. The first kappa shape index (κ1) is 20.0. The van der Waals surface area contributed by atoms with Crippen molar-refractivity contribution < 1.29 is 17.9 Å². The van der Waals surface area contributed by atoms with E-state index in [-0.39, 0.29) is 18.0 Å². The number of benzene rings is 3. The van der Waals surface area contributed by atoms with Crippen LogP contribution in [-0.4, -0.2) is 25.9 Å². The molecular formula is C23H22N2O4S. The molecule has 7 heteroatoms. The van der Waals surface area contributed by atoms with E-state index in [2.05, 4.69) is 0 Å². The number of para-hydroxylation sites is 1. The second kappa shape index (κ2) is 7.84. The largest absolute Gasteiger partial charge is 0.497 e. The Hall–Kier alpha value is -3.32. The Kier molecular flexibility index (Phi) is 5.22. The molecule has 0 fully saturated rings. The van der Waals surface area contributed by atoms with E-state index >= 15 is 0 Å². The number of carbonyl (C=O) groups is 1. The zero-order valence-corrected chi connectivity index (χ0v) is 17.6. The number of methoxy groups -OCH3 is 1. The fourth-order valence-electron chi connectivity index (χ4n) is 3.44. The Balaban J connectivity index is 1.73. The number of hydrogen-bond donors (Lipinski definition) is 0. The fourth-order valence-corrected chi connectivity index (χ4v) is 4.99. The van der Waals surface area contributed by atoms with Gasteiger partial charge in [0.05, 0.1) is 25.9 Å². The summed E-state index contributed by atoms with van der Waals surface area (Å²) in [6.45, 7) is 2.23. The summed E-state index contributed by atoms with van der Waals surface area (Å²) in [6, 6.07) is 20.9. The maximum absolute atomic E-state index is 13.4. The molecule has 3 aromatic rings. The lowest BCUT2D eigenvalue weighted by atomic mass is 10.1. The second-order valence-corrected chi connectivity index (χ2v) is 9.01. The summed E-state index contributed by atoms with van der Waals surface area (Å²) in [5, 5.41) is 0. The third-order valence-corrected chi connectivity index (χ3v) is 6.88. The number of fused-ring (bicyclic) bond motifs is 1. The number of sulfonamides is 1. The van der Waals surface area contributed by atoms with Crippen LogP contribution in [0.15, 0.2) is 77.7 Å². The molecule has 1 aliphatic rings. The van der Waals surface area contributed by atoms with E-state index in [4.69, 9.17) is 4.74 Å². The Morgan fingerprint density at radius 2 is 1.43 bits per heavy atom. The van der Waals surface area contributed by atoms with Crippen LogP contribution in [0, 0.1) is 6.92 Å². The van der Waals surface area contributed by atoms with Crippen molar-refractivity contribution in [1.29, 1.82) is 0 Å². The molecule has 6 nitrogen and oxygen atoms in total. The lowest BCUT2D eigenvalue weighted by molar-refractivity contribution is 0.226. The van der Waals surface area contributed by atoms with E-state index in [0.717, 1.165) is 15.4 Å². The highest BCUT2D eigenvalue weighted by Crippen LogP contribution is 2.36. The van der Waals surface area contributed by atoms with Crippen molar-refractivity contribution in [2.45, 2.75) is 24.9 Å². The van der Waals surface area contributed by atoms with Crippen molar-refractivity contribution in [2.24, 2.45) is 0 Å². The third-order valence-electron chi connectivity index (χ3n) is 5.11. The smallest absolute Gasteiger partial charge is 0.339 e. The molecule has 0 bridgehead atoms. The van der Waals surface area contributed by atoms with Crippen LogP contribution in [0.5, 0.6) is 5.75 Å². The number of ether oxygens (including phenoxy) is 1. The summed E-state index contributed by atoms with van der Waals surface area (Å²) in [6.07, 6.45) is 0. The van der Waals surface area contributed by atoms with Crippen molar-refractivity contribution in [3.05, 3.63) is 89.5 Å². The van der Waals surface area contributed by atoms with E-state index in [1.54, 1.807) is 55.6 Å². The molecule has 30 heavy (non-hydrogen) atoms. The number of nitrogens with zero attached hydrogens (tertiary/aromatic N) is 2. The van der Waals surface area contributed by atoms with Gasteiger partial charge in [-0.15, -0.1) is 0 Å². The lowest BCUT2D eigenvalue weighted by Crippen LogP contribution is -2.49. The zero-order chi connectivity index (χ0) is 21.3. The van der Waals surface area contributed by atoms with Crippen LogP contribution in [0.1, 0.15) is 16.7 Å². The average Bonchev–Trinajstić information content (AvgIpc) is 2.76. The minimum absolute atomic E-state index is 0.0517. The SMILES string of the molecule is COc1ccc(CN2C(=O)N(Cc3ccc(C)cc3)c3ccccc3S2(=O)=O)cc1. The standard InChI is InChI=1S/C23H22N2O4S/c1-17-7-9-18(10-8-17)15-24-21-5-3-4-6-22(21)30(27,28)25(23(24)26)16-19-11-13-20(29-2)14-12-19/h3-14H,15-16H2,1-2H3. The predicted molar refractivity (Wildman–Crippen MR) is 115 cm³/mol. The van der Waals surface area contributed by atoms with E-state index in [9.17, 15) is 13.2 Å². The van der Waals surface area contributed by atoms with Gasteiger partial charge in [-0.1, -0.05) is 54.1 Å². The summed E-state index contributed by atoms with van der Waals surface area (Å²) in [5.74, 6) is 0.665. The van der Waals surface area contributed by atoms with Crippen molar-refractivity contribution in [3.8, 4) is 5.75 Å². The van der Waals surface area contributed by atoms with Gasteiger partial charge in [-0.2, -0.15) is 0 Å². The third kappa shape index (κ3) is 3.64. The molecule has 0 aromatic heterocycles. The summed E-state index contributed by atoms with van der Waals surface area (Å²) >= 11 is 0. The van der Waals surface area contributed by atoms with Gasteiger partial charge in [-0.25, -0.2) is 17.5 Å². The van der Waals surface area contributed by atoms with Gasteiger partial charge in [-0.3, -0.25) is 4.90 Å². The molecule has 0 saturated carbocycles. The van der Waals surface area contributed by atoms with Crippen molar-refractivity contribution in [1.82, 2.24) is 4.31 Å². The van der Waals surface area contributed by atoms with E-state index in [1.165, 1.54) is 4.90 Å². The topological polar surface area (TPSA) is 66.9 Å². The Morgan fingerprint density at radius 3 is 2.10 bits per heavy atom. The van der Waals surface area contributed by atoms with Gasteiger partial charge in [0.2, 0.25) is 0 Å². The molecule has 0 atom stereocenters. The molecule has 0 aliphatic carbocycles. The van der Waals surface area contributed by atoms with Crippen LogP contribution in [0.25, 0.3) is 0 Å². The van der Waals surface area contributed by atoms with Crippen molar-refractivity contribution >= 4 is 21.7 Å². The Labute approximate surface area is 176 Å². The number of rotatable bonds is 5. The molecule has 3 aromatic carbocycles. The molecule has 4 rings (SSSR count). The zero-order valence-electron chi connectivity index (χ0n) is 16.8. The Morgan fingerprint density at radius 1 is 0.833 bits per heavy atom. The van der Waals surface area contributed by atoms with Gasteiger partial charge < -0.3 is 4.74 Å². The van der Waals surface area contributed by atoms with Gasteiger partial charge in [-0.05, 0) is 42.3 Å². The molecule has 0 N–H and O–H groups in total. The van der Waals surface area contributed by atoms with Gasteiger partial charge in [0.1, 0.15) is 10.6 Å². The number of hydrogen-bond acceptors (Lipinski definition) is 4. The van der Waals surface area contributed by atoms with Crippen molar-refractivity contribution in [3.63, 3.8) is 0 Å². The number of urea groups is 1. The first-order chi connectivity index (χ1) is 14.4. The second-order valence-electron chi connectivity index (χ2n) is 7.18. The maximum atomic E-state index is 13.4. The van der Waals surface area contributed by atoms with E-state index < -0.39 is 16.1 Å². The highest BCUT2D eigenvalue weighted by molar-refractivity contribution is 7.90. The summed E-state index contributed by atoms with van der Waals surface area (Å²) < 4.78 is 32.6. The molecule has 0 unspecified atom stereocenters. The van der Waals surface area contributed by atoms with Gasteiger partial charge in [0, 0.05) is 0 Å². The molecule has 0 radical (unpaired) electrons. The van der Waals surface area contributed by atoms with Crippen LogP contribution >= 0.6 is 0 Å². The number of carbonyl (C=O) groups excluding carboxylic acids is 1. The fraction of sp³-hybridized carbons (Fsp3) is 0.174. The molecule has 0 spiro atoms. The molecule has 1 aliphatic heterocycles. The molecule has 154 valence electrons. The minimum atomic E-state index is -3.97. The molecule has 2 amide bonds. The molecule has 0 saturated heterocycles. The lowest BCUT2D eigenvalue weighted by Gasteiger charge is -2.36. The normalized spacial score (nSPS) is 15.1. The highest BCUT2D eigenvalue weighted by atomic mass is 32.2. The average molecular weight is 423 g/mol. The quantitative estimate of drug-likeness (QED) is 0.614. The molecular weight excluding hydrogens is 400 g/mol. The summed E-state index contributed by atoms with van der Waals surface area (Å²) in [4.78, 5) is 15.0. The van der Waals surface area contributed by atoms with Gasteiger partial charge in [0.25, 0.3) is 10.0 Å². The Bertz CT molecular complexity index is 1170. The number of aryl methyl sites for hydroxylation is 1. The monoisotopic (exact) mass is 422 g/mol. The first-order valence-electron chi connectivity index (χ1n) is 9.52. The van der Waals surface area contributed by atoms with Crippen LogP contribution in [-0.2, 0) is 23.1 Å². The first-order valence-corrected chi connectivity index (χ1v) is 11.0. The van der Waals surface area contributed by atoms with Gasteiger partial charge >= 0.3 is 6.03 Å². The van der Waals surface area contributed by atoms with Crippen LogP contribution in [0.3, 0.4) is 0 Å².